The first-order valence-corrected chi connectivity index (χ1v) is 47.4. The van der Waals surface area contributed by atoms with Gasteiger partial charge >= 0.3 is 0 Å². The number of nitrogens with zero attached hydrogens (tertiary/aromatic N) is 8. The summed E-state index contributed by atoms with van der Waals surface area (Å²) in [7, 11) is 5.87. The summed E-state index contributed by atoms with van der Waals surface area (Å²) in [6, 6.07) is 28.4. The number of amides is 5. The normalized spacial score (nSPS) is 16.1. The number of rotatable bonds is 27. The number of nitrogens with one attached hydrogen (secondary N) is 3. The zero-order chi connectivity index (χ0) is 93.5. The van der Waals surface area contributed by atoms with Gasteiger partial charge in [0.05, 0.1) is 36.9 Å². The van der Waals surface area contributed by atoms with Crippen LogP contribution < -0.4 is 30.2 Å². The number of halogens is 4. The van der Waals surface area contributed by atoms with Crippen LogP contribution in [0.1, 0.15) is 212 Å². The van der Waals surface area contributed by atoms with Gasteiger partial charge in [0, 0.05) is 175 Å². The van der Waals surface area contributed by atoms with E-state index in [-0.39, 0.29) is 29.8 Å². The van der Waals surface area contributed by atoms with Crippen molar-refractivity contribution in [3.63, 3.8) is 0 Å². The molecule has 0 radical (unpaired) electrons. The van der Waals surface area contributed by atoms with Gasteiger partial charge < -0.3 is 40.0 Å². The lowest BCUT2D eigenvalue weighted by molar-refractivity contribution is -0.144. The fourth-order valence-electron chi connectivity index (χ4n) is 19.9. The van der Waals surface area contributed by atoms with Gasteiger partial charge in [-0.05, 0) is 309 Å². The molecule has 25 heteroatoms. The zero-order valence-electron chi connectivity index (χ0n) is 78.7. The van der Waals surface area contributed by atoms with Gasteiger partial charge in [-0.3, -0.25) is 47.6 Å². The van der Waals surface area contributed by atoms with Gasteiger partial charge in [0.25, 0.3) is 11.8 Å². The van der Waals surface area contributed by atoms with Gasteiger partial charge in [0.2, 0.25) is 29.3 Å². The predicted molar refractivity (Wildman–Crippen MR) is 519 cm³/mol. The van der Waals surface area contributed by atoms with E-state index in [4.69, 9.17) is 60.6 Å². The summed E-state index contributed by atoms with van der Waals surface area (Å²) in [5.74, 6) is 1.88. The number of aryl methyl sites for hydroxylation is 12. The van der Waals surface area contributed by atoms with E-state index in [1.165, 1.54) is 61.8 Å². The van der Waals surface area contributed by atoms with Gasteiger partial charge in [-0.2, -0.15) is 15.3 Å². The van der Waals surface area contributed by atoms with Crippen LogP contribution >= 0.6 is 46.4 Å². The van der Waals surface area contributed by atoms with Gasteiger partial charge in [0.15, 0.2) is 0 Å². The monoisotopic (exact) mass is 1840 g/mol. The second-order valence-corrected chi connectivity index (χ2v) is 38.1. The smallest absolute Gasteiger partial charge is 0.289 e. The molecule has 3 aromatic heterocycles. The van der Waals surface area contributed by atoms with Crippen molar-refractivity contribution in [2.45, 2.75) is 225 Å². The van der Waals surface area contributed by atoms with Crippen molar-refractivity contribution >= 4 is 104 Å². The van der Waals surface area contributed by atoms with Crippen molar-refractivity contribution in [1.82, 2.24) is 55.1 Å². The van der Waals surface area contributed by atoms with E-state index in [0.29, 0.717) is 121 Å². The van der Waals surface area contributed by atoms with Crippen LogP contribution in [-0.2, 0) is 74.0 Å². The first-order chi connectivity index (χ1) is 62.0. The number of piperidine rings is 2. The van der Waals surface area contributed by atoms with Gasteiger partial charge in [0.1, 0.15) is 17.2 Å². The summed E-state index contributed by atoms with van der Waals surface area (Å²) in [6.07, 6.45) is 13.4. The Morgan fingerprint density at radius 1 is 0.400 bits per heavy atom. The highest BCUT2D eigenvalue weighted by Gasteiger charge is 2.37. The lowest BCUT2D eigenvalue weighted by Gasteiger charge is -2.32. The quantitative estimate of drug-likeness (QED) is 0.0321. The highest BCUT2D eigenvalue weighted by Crippen LogP contribution is 2.49. The molecule has 5 amide bonds. The van der Waals surface area contributed by atoms with Crippen LogP contribution in [0.2, 0.25) is 20.1 Å². The fourth-order valence-corrected chi connectivity index (χ4v) is 20.5. The van der Waals surface area contributed by atoms with Crippen molar-refractivity contribution in [2.24, 2.45) is 33.0 Å². The molecule has 6 aliphatic rings. The Bertz CT molecular complexity index is 5930. The van der Waals surface area contributed by atoms with Crippen LogP contribution in [0.25, 0.3) is 50.1 Å². The third kappa shape index (κ3) is 21.8. The van der Waals surface area contributed by atoms with Crippen LogP contribution in [0.4, 0.5) is 0 Å². The Morgan fingerprint density at radius 3 is 1.06 bits per heavy atom. The molecule has 9 aromatic rings. The van der Waals surface area contributed by atoms with E-state index < -0.39 is 23.4 Å². The summed E-state index contributed by atoms with van der Waals surface area (Å²) in [6.45, 7) is 33.3. The minimum Gasteiger partial charge on any atom is -0.494 e. The molecule has 21 nitrogen and oxygen atoms in total. The number of hydrogen-bond acceptors (Lipinski definition) is 13. The molecule has 2 aliphatic heterocycles. The molecule has 1 saturated carbocycles. The topological polar surface area (TPSA) is 243 Å². The highest BCUT2D eigenvalue weighted by molar-refractivity contribution is 6.36. The maximum absolute atomic E-state index is 14.0. The second kappa shape index (κ2) is 42.3. The first kappa shape index (κ1) is 97.0. The van der Waals surface area contributed by atoms with E-state index in [1.807, 2.05) is 146 Å². The van der Waals surface area contributed by atoms with Crippen LogP contribution in [0, 0.1) is 94.9 Å². The van der Waals surface area contributed by atoms with Crippen LogP contribution in [-0.4, -0.2) is 145 Å². The maximum Gasteiger partial charge on any atom is 0.289 e. The summed E-state index contributed by atoms with van der Waals surface area (Å²) < 4.78 is 24.1. The molecular formula is C105H125Cl4N11O10. The Morgan fingerprint density at radius 2 is 0.723 bits per heavy atom. The Hall–Kier alpha value is -10.6. The standard InChI is InChI=1S/C35H40Cl2N4O4.C35H41ClN4O4.C35H44ClN3O2/c1-19-16-25(17-20(2)33(19)37)45-15-7-8-26-27-9-10-30(36)32(31-21(3)39-40(6)22(31)4)28(27)18-29(26)34(43)38-24-11-13-41(14-12-24)35(44)23(5)42;1-20-17-26(18-21(2)33(20)36)44-16-8-11-28-27-9-7-10-29(32-22(3)38-39(6)23(32)4)30(27)19-31(28)34(42)37-25-12-14-40(15-13-25)35(43)24(5)41;1-21-12-14-26(15-13-21)20-37-35(40)32-19-31-28(9-7-10-30(31)33-24(4)38-39(6)25(33)5)29(32)11-8-16-41-27-17-22(2)34(36)23(3)18-27/h9-10,16-17,24H,7-8,11-15,18H2,1-6H3,(H,38,43);7,9-10,17-18,25H,8,11-16,19H2,1-6H3,(H,37,42);7,9-10,17-18,21,26H,8,11-16,19-20H2,1-6H3,(H,37,40). The number of hydrogen-bond donors (Lipinski definition) is 3. The number of aromatic nitrogens is 6. The van der Waals surface area contributed by atoms with Gasteiger partial charge in [-0.25, -0.2) is 0 Å². The van der Waals surface area contributed by atoms with Crippen molar-refractivity contribution in [3.05, 3.63) is 223 Å². The third-order valence-corrected chi connectivity index (χ3v) is 29.3. The largest absolute Gasteiger partial charge is 0.494 e. The number of benzene rings is 6. The minimum absolute atomic E-state index is 0.0574. The molecular weight excluding hydrogens is 1720 g/mol. The average Bonchev–Trinajstić information content (AvgIpc) is 1.61. The van der Waals surface area contributed by atoms with E-state index >= 15 is 0 Å². The molecule has 3 N–H and O–H groups in total. The molecule has 5 heterocycles. The molecule has 0 unspecified atom stereocenters. The van der Waals surface area contributed by atoms with Crippen LogP contribution in [0.15, 0.2) is 102 Å². The number of carbonyl (C=O) groups excluding carboxylic acids is 7. The predicted octanol–water partition coefficient (Wildman–Crippen LogP) is 20.4. The van der Waals surface area contributed by atoms with Crippen molar-refractivity contribution in [3.8, 4) is 50.6 Å². The number of ketones is 2. The van der Waals surface area contributed by atoms with Crippen molar-refractivity contribution in [2.75, 3.05) is 52.5 Å². The van der Waals surface area contributed by atoms with E-state index in [1.54, 1.807) is 9.80 Å². The molecule has 0 spiro atoms. The molecule has 6 aromatic carbocycles. The fraction of sp³-hybridized carbons (Fsp3) is 0.448. The average molecular weight is 1840 g/mol. The third-order valence-electron chi connectivity index (χ3n) is 27.2. The van der Waals surface area contributed by atoms with Crippen molar-refractivity contribution in [1.29, 1.82) is 0 Å². The van der Waals surface area contributed by atoms with Gasteiger partial charge in [-0.1, -0.05) is 109 Å². The Labute approximate surface area is 785 Å². The summed E-state index contributed by atoms with van der Waals surface area (Å²) >= 11 is 25.9. The molecule has 2 saturated heterocycles. The lowest BCUT2D eigenvalue weighted by atomic mass is 9.83. The van der Waals surface area contributed by atoms with E-state index in [2.05, 4.69) is 95.3 Å². The number of likely N-dealkylation sites (tertiary alicyclic amines) is 2. The number of Topliss-reactive ketones (excluding diaryl/α,β-unsaturated/α-hetero) is 2. The SMILES string of the molecule is CC(=O)C(=O)N1CCC(NC(=O)C2=C(CCCOc3cc(C)c(Cl)c(C)c3)c3ccc(Cl)c(-c4c(C)nn(C)c4C)c3C2)CC1.CC(=O)C(=O)N1CCC(NC(=O)C2=C(CCCOc3cc(C)c(Cl)c(C)c3)c3cccc(-c4c(C)nn(C)c4C)c3C2)CC1.Cc1cc(OCCCC2=C(C(=O)NCC3CCC(C)CC3)Cc3c2cccc3-c2c(C)nn(C)c2C)cc(C)c1Cl. The number of allylic oxidation sites excluding steroid dienone is 3. The minimum atomic E-state index is -0.465. The Kier molecular flexibility index (Phi) is 31.6. The number of fused-ring (bicyclic) bond motifs is 3. The molecule has 0 atom stereocenters. The van der Waals surface area contributed by atoms with Gasteiger partial charge in [-0.15, -0.1) is 0 Å². The highest BCUT2D eigenvalue weighted by atomic mass is 35.5. The van der Waals surface area contributed by atoms with E-state index in [9.17, 15) is 33.6 Å². The molecule has 4 aliphatic carbocycles. The lowest BCUT2D eigenvalue weighted by Crippen LogP contribution is -2.48. The summed E-state index contributed by atoms with van der Waals surface area (Å²) in [5, 5.41) is 26.7. The molecule has 3 fully saturated rings. The maximum atomic E-state index is 14.0. The Balaban J connectivity index is 0.000000166. The molecule has 15 rings (SSSR count). The number of carbonyl (C=O) groups is 7. The molecule has 0 bridgehead atoms. The van der Waals surface area contributed by atoms with Crippen LogP contribution in [0.3, 0.4) is 0 Å². The first-order valence-electron chi connectivity index (χ1n) is 45.9. The summed E-state index contributed by atoms with van der Waals surface area (Å²) in [4.78, 5) is 92.1. The van der Waals surface area contributed by atoms with Crippen LogP contribution in [0.5, 0.6) is 17.2 Å². The summed E-state index contributed by atoms with van der Waals surface area (Å²) in [5.41, 5.74) is 31.0. The molecule has 130 heavy (non-hydrogen) atoms. The van der Waals surface area contributed by atoms with E-state index in [0.717, 1.165) is 210 Å². The second-order valence-electron chi connectivity index (χ2n) is 36.5. The van der Waals surface area contributed by atoms with Crippen molar-refractivity contribution < 1.29 is 47.8 Å². The number of ether oxygens (including phenoxy) is 3. The zero-order valence-corrected chi connectivity index (χ0v) is 81.8. The molecule has 688 valence electrons.